The van der Waals surface area contributed by atoms with Gasteiger partial charge in [-0.25, -0.2) is 0 Å². The lowest BCUT2D eigenvalue weighted by atomic mass is 10.0. The molecule has 4 nitrogen and oxygen atoms in total. The standard InChI is InChI=1S/C11H24N2O2/c1-5-11(3,4)12-10(15)9-13(6-2)7-8-14/h14H,5-9H2,1-4H3,(H,12,15). The Morgan fingerprint density at radius 1 is 1.40 bits per heavy atom. The van der Waals surface area contributed by atoms with E-state index in [2.05, 4.69) is 5.32 Å². The summed E-state index contributed by atoms with van der Waals surface area (Å²) in [5.41, 5.74) is -0.143. The van der Waals surface area contributed by atoms with E-state index in [1.165, 1.54) is 0 Å². The number of aliphatic hydroxyl groups excluding tert-OH is 1. The predicted octanol–water partition coefficient (Wildman–Crippen LogP) is 0.605. The number of rotatable bonds is 7. The Labute approximate surface area is 92.7 Å². The number of likely N-dealkylation sites (N-methyl/N-ethyl adjacent to an activating group) is 1. The number of hydrogen-bond acceptors (Lipinski definition) is 3. The maximum absolute atomic E-state index is 11.6. The van der Waals surface area contributed by atoms with Gasteiger partial charge in [0.25, 0.3) is 0 Å². The molecule has 0 spiro atoms. The fourth-order valence-electron chi connectivity index (χ4n) is 1.20. The maximum atomic E-state index is 11.6. The summed E-state index contributed by atoms with van der Waals surface area (Å²) >= 11 is 0. The van der Waals surface area contributed by atoms with Gasteiger partial charge < -0.3 is 10.4 Å². The molecule has 0 saturated heterocycles. The van der Waals surface area contributed by atoms with Gasteiger partial charge >= 0.3 is 0 Å². The monoisotopic (exact) mass is 216 g/mol. The Morgan fingerprint density at radius 3 is 2.40 bits per heavy atom. The summed E-state index contributed by atoms with van der Waals surface area (Å²) in [6.45, 7) is 9.83. The van der Waals surface area contributed by atoms with Crippen molar-refractivity contribution < 1.29 is 9.90 Å². The van der Waals surface area contributed by atoms with Crippen molar-refractivity contribution in [2.75, 3.05) is 26.2 Å². The van der Waals surface area contributed by atoms with Gasteiger partial charge in [0.05, 0.1) is 13.2 Å². The normalized spacial score (nSPS) is 11.9. The average molecular weight is 216 g/mol. The molecule has 0 aliphatic heterocycles. The summed E-state index contributed by atoms with van der Waals surface area (Å²) < 4.78 is 0. The Hall–Kier alpha value is -0.610. The summed E-state index contributed by atoms with van der Waals surface area (Å²) in [5.74, 6) is 0.0251. The molecule has 0 aliphatic carbocycles. The van der Waals surface area contributed by atoms with Crippen molar-refractivity contribution in [3.05, 3.63) is 0 Å². The zero-order valence-electron chi connectivity index (χ0n) is 10.3. The molecule has 0 saturated carbocycles. The van der Waals surface area contributed by atoms with Gasteiger partial charge in [0, 0.05) is 12.1 Å². The van der Waals surface area contributed by atoms with Gasteiger partial charge in [-0.05, 0) is 26.8 Å². The van der Waals surface area contributed by atoms with Crippen LogP contribution in [0.4, 0.5) is 0 Å². The third kappa shape index (κ3) is 6.47. The Balaban J connectivity index is 4.01. The van der Waals surface area contributed by atoms with Crippen molar-refractivity contribution in [1.29, 1.82) is 0 Å². The maximum Gasteiger partial charge on any atom is 0.234 e. The summed E-state index contributed by atoms with van der Waals surface area (Å²) in [6, 6.07) is 0. The number of nitrogens with zero attached hydrogens (tertiary/aromatic N) is 1. The van der Waals surface area contributed by atoms with E-state index in [0.717, 1.165) is 13.0 Å². The van der Waals surface area contributed by atoms with Crippen LogP contribution in [-0.4, -0.2) is 47.7 Å². The number of nitrogens with one attached hydrogen (secondary N) is 1. The first kappa shape index (κ1) is 14.4. The van der Waals surface area contributed by atoms with Gasteiger partial charge in [-0.3, -0.25) is 9.69 Å². The van der Waals surface area contributed by atoms with Gasteiger partial charge in [-0.2, -0.15) is 0 Å². The topological polar surface area (TPSA) is 52.6 Å². The molecule has 0 unspecified atom stereocenters. The van der Waals surface area contributed by atoms with E-state index in [-0.39, 0.29) is 18.1 Å². The molecule has 0 rings (SSSR count). The predicted molar refractivity (Wildman–Crippen MR) is 61.7 cm³/mol. The third-order valence-electron chi connectivity index (χ3n) is 2.59. The lowest BCUT2D eigenvalue weighted by Crippen LogP contribution is -2.47. The number of carbonyl (C=O) groups is 1. The van der Waals surface area contributed by atoms with E-state index in [1.807, 2.05) is 32.6 Å². The fraction of sp³-hybridized carbons (Fsp3) is 0.909. The van der Waals surface area contributed by atoms with Crippen LogP contribution in [0.1, 0.15) is 34.1 Å². The van der Waals surface area contributed by atoms with Crippen LogP contribution in [0.5, 0.6) is 0 Å². The second-order valence-corrected chi connectivity index (χ2v) is 4.38. The molecule has 0 aromatic heterocycles. The number of hydrogen-bond donors (Lipinski definition) is 2. The van der Waals surface area contributed by atoms with Crippen LogP contribution in [0.25, 0.3) is 0 Å². The van der Waals surface area contributed by atoms with Crippen LogP contribution in [0.2, 0.25) is 0 Å². The molecule has 0 heterocycles. The van der Waals surface area contributed by atoms with E-state index < -0.39 is 0 Å². The molecular formula is C11H24N2O2. The number of aliphatic hydroxyl groups is 1. The van der Waals surface area contributed by atoms with Crippen LogP contribution < -0.4 is 5.32 Å². The van der Waals surface area contributed by atoms with E-state index in [0.29, 0.717) is 13.1 Å². The molecule has 90 valence electrons. The van der Waals surface area contributed by atoms with Crippen molar-refractivity contribution in [3.8, 4) is 0 Å². The molecular weight excluding hydrogens is 192 g/mol. The summed E-state index contributed by atoms with van der Waals surface area (Å²) in [5, 5.41) is 11.8. The zero-order chi connectivity index (χ0) is 11.9. The van der Waals surface area contributed by atoms with Crippen LogP contribution in [0.3, 0.4) is 0 Å². The van der Waals surface area contributed by atoms with Crippen LogP contribution in [-0.2, 0) is 4.79 Å². The smallest absolute Gasteiger partial charge is 0.234 e. The molecule has 0 atom stereocenters. The van der Waals surface area contributed by atoms with Crippen molar-refractivity contribution in [1.82, 2.24) is 10.2 Å². The Kier molecular flexibility index (Phi) is 6.52. The van der Waals surface area contributed by atoms with Crippen molar-refractivity contribution in [2.24, 2.45) is 0 Å². The quantitative estimate of drug-likeness (QED) is 0.655. The minimum atomic E-state index is -0.143. The molecule has 2 N–H and O–H groups in total. The van der Waals surface area contributed by atoms with Crippen LogP contribution in [0.15, 0.2) is 0 Å². The lowest BCUT2D eigenvalue weighted by Gasteiger charge is -2.26. The highest BCUT2D eigenvalue weighted by Gasteiger charge is 2.18. The van der Waals surface area contributed by atoms with E-state index >= 15 is 0 Å². The second kappa shape index (κ2) is 6.80. The Morgan fingerprint density at radius 2 is 2.00 bits per heavy atom. The largest absolute Gasteiger partial charge is 0.395 e. The first-order valence-electron chi connectivity index (χ1n) is 5.59. The van der Waals surface area contributed by atoms with Gasteiger partial charge in [-0.1, -0.05) is 13.8 Å². The van der Waals surface area contributed by atoms with E-state index in [9.17, 15) is 4.79 Å². The van der Waals surface area contributed by atoms with Gasteiger partial charge in [0.2, 0.25) is 5.91 Å². The highest BCUT2D eigenvalue weighted by Crippen LogP contribution is 2.06. The minimum absolute atomic E-state index is 0.0251. The highest BCUT2D eigenvalue weighted by atomic mass is 16.3. The molecule has 0 aliphatic rings. The molecule has 15 heavy (non-hydrogen) atoms. The molecule has 4 heteroatoms. The fourth-order valence-corrected chi connectivity index (χ4v) is 1.20. The lowest BCUT2D eigenvalue weighted by molar-refractivity contribution is -0.123. The van der Waals surface area contributed by atoms with Gasteiger partial charge in [-0.15, -0.1) is 0 Å². The van der Waals surface area contributed by atoms with Crippen molar-refractivity contribution >= 4 is 5.91 Å². The average Bonchev–Trinajstić information content (AvgIpc) is 2.16. The summed E-state index contributed by atoms with van der Waals surface area (Å²) in [7, 11) is 0. The molecule has 0 fully saturated rings. The molecule has 0 bridgehead atoms. The molecule has 0 aromatic carbocycles. The van der Waals surface area contributed by atoms with Crippen LogP contribution in [0, 0.1) is 0 Å². The first-order valence-corrected chi connectivity index (χ1v) is 5.59. The highest BCUT2D eigenvalue weighted by molar-refractivity contribution is 5.78. The Bertz CT molecular complexity index is 193. The molecule has 1 amide bonds. The second-order valence-electron chi connectivity index (χ2n) is 4.38. The minimum Gasteiger partial charge on any atom is -0.395 e. The van der Waals surface area contributed by atoms with E-state index in [1.54, 1.807) is 0 Å². The van der Waals surface area contributed by atoms with Gasteiger partial charge in [0.15, 0.2) is 0 Å². The van der Waals surface area contributed by atoms with Crippen molar-refractivity contribution in [3.63, 3.8) is 0 Å². The van der Waals surface area contributed by atoms with Crippen LogP contribution >= 0.6 is 0 Å². The van der Waals surface area contributed by atoms with Gasteiger partial charge in [0.1, 0.15) is 0 Å². The number of amides is 1. The van der Waals surface area contributed by atoms with E-state index in [4.69, 9.17) is 5.11 Å². The number of carbonyl (C=O) groups excluding carboxylic acids is 1. The molecule has 0 radical (unpaired) electrons. The zero-order valence-corrected chi connectivity index (χ0v) is 10.3. The summed E-state index contributed by atoms with van der Waals surface area (Å²) in [6.07, 6.45) is 0.908. The molecule has 0 aromatic rings. The SMILES string of the molecule is CCN(CCO)CC(=O)NC(C)(C)CC. The third-order valence-corrected chi connectivity index (χ3v) is 2.59. The summed E-state index contributed by atoms with van der Waals surface area (Å²) in [4.78, 5) is 13.5. The van der Waals surface area contributed by atoms with Crippen molar-refractivity contribution in [2.45, 2.75) is 39.7 Å². The first-order chi connectivity index (χ1) is 6.95.